The number of hydrogen-bond donors (Lipinski definition) is 3. The van der Waals surface area contributed by atoms with Gasteiger partial charge in [-0.05, 0) is 50.9 Å². The number of thioether (sulfide) groups is 1. The van der Waals surface area contributed by atoms with Crippen molar-refractivity contribution in [3.63, 3.8) is 0 Å². The van der Waals surface area contributed by atoms with E-state index < -0.39 is 47.1 Å². The van der Waals surface area contributed by atoms with Gasteiger partial charge < -0.3 is 38.3 Å². The summed E-state index contributed by atoms with van der Waals surface area (Å²) in [5.41, 5.74) is 4.74. The average Bonchev–Trinajstić information content (AvgIpc) is 3.80. The number of piperazine rings is 1. The molecule has 7 atom stereocenters. The SMILES string of the molecule is COc1c(C)cc2c(c1O)[C@H]1[C@@H]3[C@@H]4SC[C@]5(NCCc6c5oc5ccccc65)C(=O)OC[C@@H](c5c6c(c(C)c(OC(C)=O)c54)OCO6)N3[C@@H](O)[C@H](C2)N1C. The van der Waals surface area contributed by atoms with Crippen LogP contribution in [0.15, 0.2) is 34.7 Å². The summed E-state index contributed by atoms with van der Waals surface area (Å²) >= 11 is 1.50. The first-order valence-corrected chi connectivity index (χ1v) is 19.4. The molecule has 4 bridgehead atoms. The van der Waals surface area contributed by atoms with E-state index in [1.165, 1.54) is 18.7 Å². The predicted molar refractivity (Wildman–Crippen MR) is 196 cm³/mol. The highest BCUT2D eigenvalue weighted by atomic mass is 32.2. The Morgan fingerprint density at radius 2 is 1.89 bits per heavy atom. The standard InChI is InChI=1S/C40H41N3O10S/c1-17-12-20-13-23-38(46)43-24-14-49-39(47)40(37-22(10-11-41-40)21-8-6-7-9-25(21)53-37)15-54-36(30(43)29(42(23)4)26(20)31(45)32(17)48-5)28-27(24)35-34(50-16-51-35)18(2)33(28)52-19(3)44/h6-9,12,23-24,29-30,36,38,41,45-46H,10-11,13-16H2,1-5H3/t23-,24-,29-,30+,36+,38-,40+/m0/s1. The summed E-state index contributed by atoms with van der Waals surface area (Å²) in [6.07, 6.45) is 0.122. The van der Waals surface area contributed by atoms with E-state index >= 15 is 0 Å². The molecule has 54 heavy (non-hydrogen) atoms. The van der Waals surface area contributed by atoms with E-state index in [0.717, 1.165) is 27.6 Å². The summed E-state index contributed by atoms with van der Waals surface area (Å²) in [7, 11) is 3.53. The number of rotatable bonds is 2. The summed E-state index contributed by atoms with van der Waals surface area (Å²) in [6, 6.07) is 7.72. The number of likely N-dealkylation sites (N-methyl/N-ethyl adjacent to an activating group) is 1. The number of aryl methyl sites for hydroxylation is 1. The van der Waals surface area contributed by atoms with Crippen LogP contribution in [0.25, 0.3) is 11.0 Å². The lowest BCUT2D eigenvalue weighted by Gasteiger charge is -2.62. The van der Waals surface area contributed by atoms with E-state index in [2.05, 4.69) is 10.2 Å². The number of fused-ring (bicyclic) bond motifs is 11. The molecule has 11 rings (SSSR count). The van der Waals surface area contributed by atoms with Crippen LogP contribution < -0.4 is 24.3 Å². The predicted octanol–water partition coefficient (Wildman–Crippen LogP) is 4.45. The lowest BCUT2D eigenvalue weighted by molar-refractivity contribution is -0.186. The molecule has 0 unspecified atom stereocenters. The minimum Gasteiger partial charge on any atom is -0.504 e. The Morgan fingerprint density at radius 1 is 1.09 bits per heavy atom. The number of aliphatic hydroxyl groups is 1. The molecule has 14 heteroatoms. The first kappa shape index (κ1) is 34.1. The molecule has 0 radical (unpaired) electrons. The molecule has 0 aliphatic carbocycles. The number of phenolic OH excluding ortho intramolecular Hbond substituents is 1. The highest BCUT2D eigenvalue weighted by Gasteiger charge is 2.62. The van der Waals surface area contributed by atoms with Crippen LogP contribution in [0, 0.1) is 13.8 Å². The Morgan fingerprint density at radius 3 is 2.69 bits per heavy atom. The van der Waals surface area contributed by atoms with Crippen molar-refractivity contribution >= 4 is 34.7 Å². The van der Waals surface area contributed by atoms with Crippen LogP contribution in [0.3, 0.4) is 0 Å². The number of phenols is 1. The van der Waals surface area contributed by atoms with Crippen molar-refractivity contribution in [3.05, 3.63) is 75.0 Å². The van der Waals surface area contributed by atoms with E-state index in [9.17, 15) is 19.8 Å². The number of nitrogens with one attached hydrogen (secondary N) is 1. The van der Waals surface area contributed by atoms with Gasteiger partial charge in [-0.15, -0.1) is 11.8 Å². The van der Waals surface area contributed by atoms with Crippen molar-refractivity contribution in [2.24, 2.45) is 0 Å². The molecular weight excluding hydrogens is 715 g/mol. The maximum Gasteiger partial charge on any atom is 0.335 e. The molecule has 4 aromatic rings. The second kappa shape index (κ2) is 12.0. The van der Waals surface area contributed by atoms with Gasteiger partial charge in [0.05, 0.1) is 30.5 Å². The number of methoxy groups -OCH3 is 1. The third-order valence-corrected chi connectivity index (χ3v) is 13.9. The van der Waals surface area contributed by atoms with Crippen LogP contribution in [0.2, 0.25) is 0 Å². The smallest absolute Gasteiger partial charge is 0.335 e. The van der Waals surface area contributed by atoms with Gasteiger partial charge in [-0.25, -0.2) is 4.79 Å². The van der Waals surface area contributed by atoms with Gasteiger partial charge in [0.15, 0.2) is 28.5 Å². The third kappa shape index (κ3) is 4.42. The zero-order chi connectivity index (χ0) is 37.4. The highest BCUT2D eigenvalue weighted by Crippen LogP contribution is 2.64. The Bertz CT molecular complexity index is 2290. The maximum atomic E-state index is 14.7. The number of para-hydroxylation sites is 1. The van der Waals surface area contributed by atoms with Crippen molar-refractivity contribution in [1.82, 2.24) is 15.1 Å². The van der Waals surface area contributed by atoms with Crippen molar-refractivity contribution < 1.29 is 47.9 Å². The summed E-state index contributed by atoms with van der Waals surface area (Å²) in [5, 5.41) is 28.5. The fourth-order valence-corrected chi connectivity index (χ4v) is 11.9. The number of nitrogens with zero attached hydrogens (tertiary/aromatic N) is 2. The molecule has 0 amide bonds. The van der Waals surface area contributed by atoms with Gasteiger partial charge in [-0.2, -0.15) is 0 Å². The maximum absolute atomic E-state index is 14.7. The molecule has 7 aliphatic heterocycles. The minimum atomic E-state index is -1.35. The van der Waals surface area contributed by atoms with E-state index in [4.69, 9.17) is 28.1 Å². The van der Waals surface area contributed by atoms with Crippen LogP contribution in [-0.4, -0.2) is 90.1 Å². The molecule has 1 aromatic heterocycles. The fourth-order valence-electron chi connectivity index (χ4n) is 10.3. The van der Waals surface area contributed by atoms with Gasteiger partial charge in [-0.3, -0.25) is 19.9 Å². The summed E-state index contributed by atoms with van der Waals surface area (Å²) in [6.45, 7) is 5.44. The minimum absolute atomic E-state index is 0.0430. The van der Waals surface area contributed by atoms with Crippen LogP contribution in [-0.2, 0) is 32.7 Å². The molecule has 8 heterocycles. The lowest BCUT2D eigenvalue weighted by Crippen LogP contribution is -2.70. The number of benzene rings is 3. The number of aromatic hydroxyl groups is 1. The second-order valence-corrected chi connectivity index (χ2v) is 16.3. The van der Waals surface area contributed by atoms with Gasteiger partial charge in [-0.1, -0.05) is 24.3 Å². The van der Waals surface area contributed by atoms with Gasteiger partial charge in [0.1, 0.15) is 29.9 Å². The molecule has 282 valence electrons. The monoisotopic (exact) mass is 755 g/mol. The topological polar surface area (TPSA) is 152 Å². The molecule has 2 fully saturated rings. The number of carbonyl (C=O) groups excluding carboxylic acids is 2. The summed E-state index contributed by atoms with van der Waals surface area (Å²) in [4.78, 5) is 31.8. The van der Waals surface area contributed by atoms with E-state index in [1.54, 1.807) is 7.11 Å². The number of esters is 2. The van der Waals surface area contributed by atoms with Gasteiger partial charge in [0.2, 0.25) is 6.79 Å². The van der Waals surface area contributed by atoms with E-state index in [1.807, 2.05) is 56.1 Å². The van der Waals surface area contributed by atoms with Crippen molar-refractivity contribution in [3.8, 4) is 28.7 Å². The third-order valence-electron chi connectivity index (χ3n) is 12.5. The first-order valence-electron chi connectivity index (χ1n) is 18.3. The molecule has 3 N–H and O–H groups in total. The highest BCUT2D eigenvalue weighted by molar-refractivity contribution is 7.99. The normalized spacial score (nSPS) is 29.6. The lowest BCUT2D eigenvalue weighted by atomic mass is 9.73. The largest absolute Gasteiger partial charge is 0.504 e. The number of furan rings is 1. The van der Waals surface area contributed by atoms with Crippen LogP contribution >= 0.6 is 11.8 Å². The molecule has 1 spiro atoms. The average molecular weight is 756 g/mol. The zero-order valence-electron chi connectivity index (χ0n) is 30.6. The van der Waals surface area contributed by atoms with Crippen LogP contribution in [0.1, 0.15) is 69.0 Å². The molecular formula is C40H41N3O10S. The molecule has 7 aliphatic rings. The van der Waals surface area contributed by atoms with Gasteiger partial charge in [0, 0.05) is 58.5 Å². The van der Waals surface area contributed by atoms with Gasteiger partial charge >= 0.3 is 11.9 Å². The number of hydrogen-bond acceptors (Lipinski definition) is 14. The first-order chi connectivity index (χ1) is 26.1. The summed E-state index contributed by atoms with van der Waals surface area (Å²) in [5.74, 6) is 1.47. The molecule has 0 saturated carbocycles. The van der Waals surface area contributed by atoms with Crippen molar-refractivity contribution in [2.75, 3.05) is 39.9 Å². The number of carbonyl (C=O) groups is 2. The number of aliphatic hydroxyl groups excluding tert-OH is 1. The molecule has 13 nitrogen and oxygen atoms in total. The Hall–Kier alpha value is -4.47. The van der Waals surface area contributed by atoms with Crippen molar-refractivity contribution in [1.29, 1.82) is 0 Å². The summed E-state index contributed by atoms with van der Waals surface area (Å²) < 4.78 is 37.1. The Kier molecular flexibility index (Phi) is 7.58. The quantitative estimate of drug-likeness (QED) is 0.195. The number of ether oxygens (including phenoxy) is 5. The van der Waals surface area contributed by atoms with E-state index in [0.29, 0.717) is 70.4 Å². The molecule has 3 aromatic carbocycles. The Labute approximate surface area is 315 Å². The van der Waals surface area contributed by atoms with E-state index in [-0.39, 0.29) is 30.9 Å². The van der Waals surface area contributed by atoms with Gasteiger partial charge in [0.25, 0.3) is 0 Å². The second-order valence-electron chi connectivity index (χ2n) is 15.2. The van der Waals surface area contributed by atoms with Crippen LogP contribution in [0.5, 0.6) is 28.7 Å². The zero-order valence-corrected chi connectivity index (χ0v) is 31.4. The Balaban J connectivity index is 1.24. The van der Waals surface area contributed by atoms with Crippen molar-refractivity contribution in [2.45, 2.75) is 74.8 Å². The fraction of sp³-hybridized carbons (Fsp3) is 0.450. The molecule has 2 saturated heterocycles. The van der Waals surface area contributed by atoms with Crippen LogP contribution in [0.4, 0.5) is 0 Å².